The van der Waals surface area contributed by atoms with Crippen molar-refractivity contribution in [2.75, 3.05) is 19.8 Å². The molecule has 8 heteroatoms. The lowest BCUT2D eigenvalue weighted by Gasteiger charge is -2.27. The molecule has 2 aromatic rings. The molecule has 0 N–H and O–H groups in total. The van der Waals surface area contributed by atoms with E-state index < -0.39 is 17.8 Å². The first-order chi connectivity index (χ1) is 17.2. The molecule has 0 radical (unpaired) electrons. The number of aryl methyl sites for hydroxylation is 1. The maximum absolute atomic E-state index is 13.1. The SMILES string of the molecule is CCOc1cc(/C=C2/C(=O)N(CCOC(C)=O)C(=O)C(C#N)=C2C)ccc1OCc1ccc(C)cc1. The second-order valence-electron chi connectivity index (χ2n) is 8.19. The Labute approximate surface area is 210 Å². The van der Waals surface area contributed by atoms with E-state index in [0.29, 0.717) is 30.3 Å². The van der Waals surface area contributed by atoms with E-state index in [1.165, 1.54) is 12.5 Å². The molecular weight excluding hydrogens is 460 g/mol. The van der Waals surface area contributed by atoms with Gasteiger partial charge >= 0.3 is 5.97 Å². The second kappa shape index (κ2) is 11.8. The molecule has 36 heavy (non-hydrogen) atoms. The van der Waals surface area contributed by atoms with Crippen molar-refractivity contribution in [3.05, 3.63) is 75.9 Å². The van der Waals surface area contributed by atoms with Crippen LogP contribution in [0.1, 0.15) is 37.5 Å². The van der Waals surface area contributed by atoms with Crippen molar-refractivity contribution in [1.82, 2.24) is 4.90 Å². The smallest absolute Gasteiger partial charge is 0.302 e. The number of ether oxygens (including phenoxy) is 3. The van der Waals surface area contributed by atoms with Crippen molar-refractivity contribution in [2.24, 2.45) is 0 Å². The van der Waals surface area contributed by atoms with Crippen LogP contribution in [0.4, 0.5) is 0 Å². The Kier molecular flexibility index (Phi) is 8.63. The summed E-state index contributed by atoms with van der Waals surface area (Å²) in [4.78, 5) is 37.8. The number of amides is 2. The van der Waals surface area contributed by atoms with Crippen molar-refractivity contribution in [3.63, 3.8) is 0 Å². The largest absolute Gasteiger partial charge is 0.490 e. The summed E-state index contributed by atoms with van der Waals surface area (Å²) in [5, 5.41) is 9.54. The van der Waals surface area contributed by atoms with E-state index in [1.807, 2.05) is 44.2 Å². The Morgan fingerprint density at radius 3 is 2.39 bits per heavy atom. The zero-order valence-corrected chi connectivity index (χ0v) is 20.8. The monoisotopic (exact) mass is 488 g/mol. The summed E-state index contributed by atoms with van der Waals surface area (Å²) in [7, 11) is 0. The predicted molar refractivity (Wildman–Crippen MR) is 133 cm³/mol. The van der Waals surface area contributed by atoms with Crippen LogP contribution in [0, 0.1) is 18.3 Å². The first-order valence-corrected chi connectivity index (χ1v) is 11.5. The lowest BCUT2D eigenvalue weighted by Crippen LogP contribution is -2.44. The second-order valence-corrected chi connectivity index (χ2v) is 8.19. The Morgan fingerprint density at radius 1 is 1.03 bits per heavy atom. The van der Waals surface area contributed by atoms with Crippen molar-refractivity contribution < 1.29 is 28.6 Å². The van der Waals surface area contributed by atoms with Gasteiger partial charge in [-0.3, -0.25) is 19.3 Å². The van der Waals surface area contributed by atoms with Gasteiger partial charge in [-0.2, -0.15) is 5.26 Å². The van der Waals surface area contributed by atoms with Gasteiger partial charge in [0.2, 0.25) is 0 Å². The van der Waals surface area contributed by atoms with Crippen LogP contribution in [0.3, 0.4) is 0 Å². The van der Waals surface area contributed by atoms with Gasteiger partial charge in [0.1, 0.15) is 24.9 Å². The summed E-state index contributed by atoms with van der Waals surface area (Å²) >= 11 is 0. The normalized spacial score (nSPS) is 14.6. The third-order valence-corrected chi connectivity index (χ3v) is 5.54. The number of hydrogen-bond acceptors (Lipinski definition) is 7. The number of rotatable bonds is 9. The summed E-state index contributed by atoms with van der Waals surface area (Å²) in [5.41, 5.74) is 3.17. The van der Waals surface area contributed by atoms with Gasteiger partial charge in [-0.15, -0.1) is 0 Å². The quantitative estimate of drug-likeness (QED) is 0.297. The fourth-order valence-electron chi connectivity index (χ4n) is 3.63. The summed E-state index contributed by atoms with van der Waals surface area (Å²) in [5.74, 6) is -0.742. The fraction of sp³-hybridized carbons (Fsp3) is 0.286. The average Bonchev–Trinajstić information content (AvgIpc) is 2.85. The van der Waals surface area contributed by atoms with Crippen molar-refractivity contribution in [2.45, 2.75) is 34.3 Å². The molecule has 3 rings (SSSR count). The highest BCUT2D eigenvalue weighted by molar-refractivity contribution is 6.19. The number of carbonyl (C=O) groups is 3. The number of carbonyl (C=O) groups excluding carboxylic acids is 3. The number of imide groups is 1. The highest BCUT2D eigenvalue weighted by Crippen LogP contribution is 2.32. The van der Waals surface area contributed by atoms with Crippen LogP contribution in [-0.4, -0.2) is 42.4 Å². The summed E-state index contributed by atoms with van der Waals surface area (Å²) < 4.78 is 16.6. The van der Waals surface area contributed by atoms with Gasteiger partial charge in [-0.1, -0.05) is 35.9 Å². The van der Waals surface area contributed by atoms with Crippen LogP contribution in [-0.2, 0) is 25.7 Å². The zero-order chi connectivity index (χ0) is 26.2. The number of nitrogens with zero attached hydrogens (tertiary/aromatic N) is 2. The molecule has 0 saturated carbocycles. The fourth-order valence-corrected chi connectivity index (χ4v) is 3.63. The minimum Gasteiger partial charge on any atom is -0.490 e. The standard InChI is InChI=1S/C28H28N2O6/c1-5-34-26-15-22(10-11-25(26)36-17-21-8-6-18(2)7-9-21)14-23-19(3)24(16-29)28(33)30(27(23)32)12-13-35-20(4)31/h6-11,14-15H,5,12-13,17H2,1-4H3/b23-14+. The summed E-state index contributed by atoms with van der Waals surface area (Å²) in [6.07, 6.45) is 1.60. The van der Waals surface area contributed by atoms with Crippen LogP contribution >= 0.6 is 0 Å². The first kappa shape index (κ1) is 26.2. The summed E-state index contributed by atoms with van der Waals surface area (Å²) in [6, 6.07) is 15.2. The molecule has 8 nitrogen and oxygen atoms in total. The molecular formula is C28H28N2O6. The van der Waals surface area contributed by atoms with E-state index in [-0.39, 0.29) is 29.9 Å². The maximum atomic E-state index is 13.1. The maximum Gasteiger partial charge on any atom is 0.302 e. The topological polar surface area (TPSA) is 106 Å². The minimum absolute atomic E-state index is 0.133. The molecule has 0 spiro atoms. The third kappa shape index (κ3) is 6.19. The molecule has 1 heterocycles. The number of nitriles is 1. The number of hydrogen-bond donors (Lipinski definition) is 0. The molecule has 0 fully saturated rings. The van der Waals surface area contributed by atoms with Gasteiger partial charge < -0.3 is 14.2 Å². The van der Waals surface area contributed by atoms with Crippen molar-refractivity contribution in [1.29, 1.82) is 5.26 Å². The molecule has 0 bridgehead atoms. The first-order valence-electron chi connectivity index (χ1n) is 11.5. The highest BCUT2D eigenvalue weighted by atomic mass is 16.5. The van der Waals surface area contributed by atoms with Crippen molar-refractivity contribution >= 4 is 23.9 Å². The molecule has 0 unspecified atom stereocenters. The van der Waals surface area contributed by atoms with Gasteiger partial charge in [-0.25, -0.2) is 0 Å². The van der Waals surface area contributed by atoms with Gasteiger partial charge in [0.05, 0.1) is 13.2 Å². The predicted octanol–water partition coefficient (Wildman–Crippen LogP) is 4.13. The van der Waals surface area contributed by atoms with Crippen LogP contribution in [0.15, 0.2) is 59.2 Å². The lowest BCUT2D eigenvalue weighted by molar-refractivity contribution is -0.147. The highest BCUT2D eigenvalue weighted by Gasteiger charge is 2.35. The van der Waals surface area contributed by atoms with Crippen LogP contribution in [0.5, 0.6) is 11.5 Å². The Morgan fingerprint density at radius 2 is 1.75 bits per heavy atom. The third-order valence-electron chi connectivity index (χ3n) is 5.54. The van der Waals surface area contributed by atoms with E-state index in [0.717, 1.165) is 10.5 Å². The molecule has 0 aliphatic carbocycles. The molecule has 0 saturated heterocycles. The van der Waals surface area contributed by atoms with Gasteiger partial charge in [0.25, 0.3) is 11.8 Å². The van der Waals surface area contributed by atoms with Crippen molar-refractivity contribution in [3.8, 4) is 17.6 Å². The average molecular weight is 489 g/mol. The molecule has 0 aromatic heterocycles. The van der Waals surface area contributed by atoms with E-state index in [4.69, 9.17) is 14.2 Å². The molecule has 2 amide bonds. The lowest BCUT2D eigenvalue weighted by atomic mass is 9.93. The van der Waals surface area contributed by atoms with Gasteiger partial charge in [0, 0.05) is 12.5 Å². The molecule has 186 valence electrons. The Bertz CT molecular complexity index is 1270. The molecule has 1 aliphatic heterocycles. The van der Waals surface area contributed by atoms with Crippen LogP contribution < -0.4 is 9.47 Å². The Hall–Kier alpha value is -4.38. The molecule has 2 aromatic carbocycles. The van der Waals surface area contributed by atoms with E-state index in [1.54, 1.807) is 31.2 Å². The van der Waals surface area contributed by atoms with E-state index in [2.05, 4.69) is 0 Å². The minimum atomic E-state index is -0.709. The van der Waals surface area contributed by atoms with Crippen LogP contribution in [0.25, 0.3) is 6.08 Å². The number of benzene rings is 2. The molecule has 1 aliphatic rings. The number of esters is 1. The Balaban J connectivity index is 1.90. The van der Waals surface area contributed by atoms with E-state index >= 15 is 0 Å². The van der Waals surface area contributed by atoms with Crippen LogP contribution in [0.2, 0.25) is 0 Å². The van der Waals surface area contributed by atoms with Gasteiger partial charge in [-0.05, 0) is 55.7 Å². The van der Waals surface area contributed by atoms with E-state index in [9.17, 15) is 19.6 Å². The molecule has 0 atom stereocenters. The summed E-state index contributed by atoms with van der Waals surface area (Å²) in [6.45, 7) is 7.16. The zero-order valence-electron chi connectivity index (χ0n) is 20.8. The van der Waals surface area contributed by atoms with Gasteiger partial charge in [0.15, 0.2) is 11.5 Å².